The Morgan fingerprint density at radius 2 is 1.69 bits per heavy atom. The van der Waals surface area contributed by atoms with Gasteiger partial charge in [0, 0.05) is 56.4 Å². The van der Waals surface area contributed by atoms with Gasteiger partial charge in [-0.05, 0) is 54.5 Å². The van der Waals surface area contributed by atoms with Gasteiger partial charge in [-0.1, -0.05) is 65.7 Å². The van der Waals surface area contributed by atoms with Crippen molar-refractivity contribution in [2.45, 2.75) is 44.4 Å². The Labute approximate surface area is 238 Å². The molecule has 8 heteroatoms. The van der Waals surface area contributed by atoms with Crippen LogP contribution in [0.3, 0.4) is 0 Å². The van der Waals surface area contributed by atoms with Gasteiger partial charge in [-0.3, -0.25) is 14.5 Å². The summed E-state index contributed by atoms with van der Waals surface area (Å²) in [6, 6.07) is 20.8. The molecule has 204 valence electrons. The summed E-state index contributed by atoms with van der Waals surface area (Å²) in [6.07, 6.45) is 2.97. The van der Waals surface area contributed by atoms with Crippen molar-refractivity contribution >= 4 is 29.1 Å². The molecule has 1 aromatic heterocycles. The number of pyridine rings is 1. The zero-order valence-electron chi connectivity index (χ0n) is 21.8. The third-order valence-corrected chi connectivity index (χ3v) is 9.70. The largest absolute Gasteiger partial charge is 0.396 e. The standard InChI is InChI=1S/C31H33Cl2N3O3/c32-25-10-9-22(16-26(25)33)17-36-29-23(18-35-27(29)7-4-8-28(35)38)24(19-37)30(36)31(39)34-13-11-21(12-14-34)15-20-5-2-1-3-6-20/h1-10,16,21,23-24,29-30,37H,11-15,17-19H2/t23-,24-,29+,30-/m0/s1. The number of aromatic nitrogens is 1. The summed E-state index contributed by atoms with van der Waals surface area (Å²) in [5.41, 5.74) is 3.14. The van der Waals surface area contributed by atoms with Crippen LogP contribution in [-0.4, -0.2) is 51.1 Å². The van der Waals surface area contributed by atoms with Crippen molar-refractivity contribution in [3.05, 3.63) is 104 Å². The highest BCUT2D eigenvalue weighted by atomic mass is 35.5. The number of carbonyl (C=O) groups excluding carboxylic acids is 1. The van der Waals surface area contributed by atoms with Gasteiger partial charge >= 0.3 is 0 Å². The quantitative estimate of drug-likeness (QED) is 0.466. The first-order valence-electron chi connectivity index (χ1n) is 13.8. The average Bonchev–Trinajstić information content (AvgIpc) is 3.47. The molecule has 2 aromatic carbocycles. The number of aliphatic hydroxyl groups is 1. The van der Waals surface area contributed by atoms with Gasteiger partial charge in [0.15, 0.2) is 0 Å². The molecule has 0 saturated carbocycles. The van der Waals surface area contributed by atoms with Crippen molar-refractivity contribution in [3.8, 4) is 0 Å². The van der Waals surface area contributed by atoms with Crippen molar-refractivity contribution in [3.63, 3.8) is 0 Å². The van der Waals surface area contributed by atoms with Crippen LogP contribution in [0.5, 0.6) is 0 Å². The van der Waals surface area contributed by atoms with E-state index in [1.807, 2.05) is 29.2 Å². The summed E-state index contributed by atoms with van der Waals surface area (Å²) < 4.78 is 1.80. The minimum atomic E-state index is -0.478. The maximum atomic E-state index is 14.2. The molecule has 3 aliphatic heterocycles. The van der Waals surface area contributed by atoms with E-state index in [4.69, 9.17) is 23.2 Å². The first kappa shape index (κ1) is 26.6. The molecule has 6 nitrogen and oxygen atoms in total. The molecule has 0 aliphatic carbocycles. The molecule has 2 saturated heterocycles. The number of carbonyl (C=O) groups is 1. The molecule has 4 heterocycles. The highest BCUT2D eigenvalue weighted by molar-refractivity contribution is 6.42. The molecular weight excluding hydrogens is 533 g/mol. The molecule has 39 heavy (non-hydrogen) atoms. The molecule has 0 radical (unpaired) electrons. The smallest absolute Gasteiger partial charge is 0.250 e. The lowest BCUT2D eigenvalue weighted by Crippen LogP contribution is -2.51. The number of hydrogen-bond acceptors (Lipinski definition) is 4. The fourth-order valence-corrected chi connectivity index (χ4v) is 7.38. The first-order valence-corrected chi connectivity index (χ1v) is 14.5. The van der Waals surface area contributed by atoms with Crippen LogP contribution in [0.4, 0.5) is 0 Å². The summed E-state index contributed by atoms with van der Waals surface area (Å²) in [6.45, 7) is 2.31. The molecule has 0 bridgehead atoms. The molecule has 2 fully saturated rings. The minimum Gasteiger partial charge on any atom is -0.396 e. The number of aliphatic hydroxyl groups excluding tert-OH is 1. The normalized spacial score (nSPS) is 25.1. The molecule has 0 spiro atoms. The van der Waals surface area contributed by atoms with Crippen LogP contribution in [-0.2, 0) is 24.3 Å². The monoisotopic (exact) mass is 565 g/mol. The maximum absolute atomic E-state index is 14.2. The summed E-state index contributed by atoms with van der Waals surface area (Å²) in [5.74, 6) is 0.328. The minimum absolute atomic E-state index is 0.0301. The highest BCUT2D eigenvalue weighted by Gasteiger charge is 2.56. The first-order chi connectivity index (χ1) is 18.9. The SMILES string of the molecule is O=C([C@@H]1[C@@H](CO)[C@@H]2Cn3c(cccc3=O)[C@@H]2N1Cc1ccc(Cl)c(Cl)c1)N1CCC(Cc2ccccc2)CC1. The molecule has 0 unspecified atom stereocenters. The van der Waals surface area contributed by atoms with Crippen molar-refractivity contribution in [2.75, 3.05) is 19.7 Å². The molecule has 1 amide bonds. The predicted octanol–water partition coefficient (Wildman–Crippen LogP) is 4.80. The van der Waals surface area contributed by atoms with E-state index in [2.05, 4.69) is 29.2 Å². The highest BCUT2D eigenvalue weighted by Crippen LogP contribution is 2.50. The molecule has 6 rings (SSSR count). The molecule has 1 N–H and O–H groups in total. The van der Waals surface area contributed by atoms with Crippen LogP contribution in [0, 0.1) is 17.8 Å². The van der Waals surface area contributed by atoms with Gasteiger partial charge in [0.1, 0.15) is 0 Å². The van der Waals surface area contributed by atoms with Crippen LogP contribution in [0.15, 0.2) is 71.5 Å². The fraction of sp³-hybridized carbons (Fsp3) is 0.419. The second kappa shape index (κ2) is 11.1. The summed E-state index contributed by atoms with van der Waals surface area (Å²) >= 11 is 12.5. The van der Waals surface area contributed by atoms with Crippen LogP contribution in [0.2, 0.25) is 10.0 Å². The van der Waals surface area contributed by atoms with E-state index in [0.717, 1.165) is 43.6 Å². The van der Waals surface area contributed by atoms with E-state index in [0.29, 0.717) is 29.1 Å². The van der Waals surface area contributed by atoms with Crippen molar-refractivity contribution in [1.29, 1.82) is 0 Å². The zero-order valence-corrected chi connectivity index (χ0v) is 23.3. The second-order valence-electron chi connectivity index (χ2n) is 11.2. The summed E-state index contributed by atoms with van der Waals surface area (Å²) in [4.78, 5) is 31.1. The van der Waals surface area contributed by atoms with Gasteiger partial charge < -0.3 is 14.6 Å². The zero-order chi connectivity index (χ0) is 27.1. The Morgan fingerprint density at radius 1 is 0.923 bits per heavy atom. The number of nitrogens with zero attached hydrogens (tertiary/aromatic N) is 3. The molecule has 4 atom stereocenters. The number of likely N-dealkylation sites (tertiary alicyclic amines) is 2. The van der Waals surface area contributed by atoms with E-state index >= 15 is 0 Å². The third kappa shape index (κ3) is 5.04. The number of rotatable bonds is 6. The Kier molecular flexibility index (Phi) is 7.56. The lowest BCUT2D eigenvalue weighted by molar-refractivity contribution is -0.140. The number of halogens is 2. The Morgan fingerprint density at radius 3 is 2.41 bits per heavy atom. The average molecular weight is 567 g/mol. The van der Waals surface area contributed by atoms with Crippen LogP contribution < -0.4 is 5.56 Å². The lowest BCUT2D eigenvalue weighted by Gasteiger charge is -2.38. The van der Waals surface area contributed by atoms with E-state index in [1.165, 1.54) is 5.56 Å². The van der Waals surface area contributed by atoms with E-state index in [9.17, 15) is 14.7 Å². The number of fused-ring (bicyclic) bond motifs is 3. The number of piperidine rings is 1. The van der Waals surface area contributed by atoms with Crippen molar-refractivity contribution in [2.24, 2.45) is 17.8 Å². The number of hydrogen-bond donors (Lipinski definition) is 1. The van der Waals surface area contributed by atoms with Gasteiger partial charge in [-0.2, -0.15) is 0 Å². The maximum Gasteiger partial charge on any atom is 0.250 e. The predicted molar refractivity (Wildman–Crippen MR) is 153 cm³/mol. The van der Waals surface area contributed by atoms with E-state index in [-0.39, 0.29) is 36.0 Å². The molecular formula is C31H33Cl2N3O3. The lowest BCUT2D eigenvalue weighted by atomic mass is 9.86. The van der Waals surface area contributed by atoms with Gasteiger partial charge in [0.25, 0.3) is 5.56 Å². The van der Waals surface area contributed by atoms with Crippen molar-refractivity contribution in [1.82, 2.24) is 14.4 Å². The van der Waals surface area contributed by atoms with Crippen molar-refractivity contribution < 1.29 is 9.90 Å². The van der Waals surface area contributed by atoms with Gasteiger partial charge in [-0.15, -0.1) is 0 Å². The number of amides is 1. The Balaban J connectivity index is 1.27. The Hall–Kier alpha value is -2.64. The van der Waals surface area contributed by atoms with Gasteiger partial charge in [0.05, 0.1) is 22.1 Å². The fourth-order valence-electron chi connectivity index (χ4n) is 7.06. The number of benzene rings is 2. The van der Waals surface area contributed by atoms with Crippen LogP contribution >= 0.6 is 23.2 Å². The van der Waals surface area contributed by atoms with E-state index in [1.54, 1.807) is 22.8 Å². The van der Waals surface area contributed by atoms with E-state index < -0.39 is 6.04 Å². The van der Waals surface area contributed by atoms with Crippen LogP contribution in [0.25, 0.3) is 0 Å². The van der Waals surface area contributed by atoms with Gasteiger partial charge in [-0.25, -0.2) is 0 Å². The second-order valence-corrected chi connectivity index (χ2v) is 12.0. The summed E-state index contributed by atoms with van der Waals surface area (Å²) in [5, 5.41) is 11.6. The van der Waals surface area contributed by atoms with Gasteiger partial charge in [0.2, 0.25) is 5.91 Å². The summed E-state index contributed by atoms with van der Waals surface area (Å²) in [7, 11) is 0. The third-order valence-electron chi connectivity index (χ3n) is 8.96. The Bertz CT molecular complexity index is 1400. The molecule has 3 aliphatic rings. The topological polar surface area (TPSA) is 65.8 Å². The van der Waals surface area contributed by atoms with Crippen LogP contribution in [0.1, 0.15) is 35.7 Å². The molecule has 3 aromatic rings.